The van der Waals surface area contributed by atoms with E-state index in [2.05, 4.69) is 15.3 Å². The smallest absolute Gasteiger partial charge is 0.216 e. The van der Waals surface area contributed by atoms with Crippen LogP contribution in [-0.4, -0.2) is 32.5 Å². The van der Waals surface area contributed by atoms with Gasteiger partial charge in [0.1, 0.15) is 11.3 Å². The van der Waals surface area contributed by atoms with Crippen molar-refractivity contribution in [3.8, 4) is 11.4 Å². The quantitative estimate of drug-likeness (QED) is 0.537. The molecule has 1 aliphatic rings. The first-order valence-corrected chi connectivity index (χ1v) is 9.56. The van der Waals surface area contributed by atoms with Crippen molar-refractivity contribution in [3.05, 3.63) is 52.6 Å². The van der Waals surface area contributed by atoms with Crippen LogP contribution in [0.1, 0.15) is 23.9 Å². The second-order valence-corrected chi connectivity index (χ2v) is 7.54. The third-order valence-electron chi connectivity index (χ3n) is 5.03. The molecule has 0 bridgehead atoms. The molecule has 1 unspecified atom stereocenters. The summed E-state index contributed by atoms with van der Waals surface area (Å²) in [4.78, 5) is 25.9. The molecular weight excluding hydrogens is 360 g/mol. The van der Waals surface area contributed by atoms with Gasteiger partial charge in [-0.15, -0.1) is 11.3 Å². The number of pyridine rings is 2. The summed E-state index contributed by atoms with van der Waals surface area (Å²) in [6, 6.07) is 9.84. The summed E-state index contributed by atoms with van der Waals surface area (Å²) in [7, 11) is 0. The van der Waals surface area contributed by atoms with Gasteiger partial charge in [-0.1, -0.05) is 18.2 Å². The molecular formula is C20H16N4O2S. The van der Waals surface area contributed by atoms with Crippen LogP contribution >= 0.6 is 11.3 Å². The first-order chi connectivity index (χ1) is 13.1. The Balaban J connectivity index is 1.85. The van der Waals surface area contributed by atoms with E-state index < -0.39 is 5.60 Å². The molecule has 4 aromatic rings. The number of carbonyl (C=O) groups excluding carboxylic acids is 1. The van der Waals surface area contributed by atoms with E-state index in [-0.39, 0.29) is 5.91 Å². The number of amides is 1. The van der Waals surface area contributed by atoms with E-state index >= 15 is 0 Å². The minimum atomic E-state index is -1.32. The van der Waals surface area contributed by atoms with Gasteiger partial charge in [0.25, 0.3) is 0 Å². The van der Waals surface area contributed by atoms with E-state index in [4.69, 9.17) is 4.98 Å². The predicted molar refractivity (Wildman–Crippen MR) is 104 cm³/mol. The summed E-state index contributed by atoms with van der Waals surface area (Å²) in [6.45, 7) is 1.81. The maximum atomic E-state index is 11.8. The zero-order valence-corrected chi connectivity index (χ0v) is 15.4. The molecule has 3 aromatic heterocycles. The van der Waals surface area contributed by atoms with E-state index in [1.54, 1.807) is 11.7 Å². The van der Waals surface area contributed by atoms with Crippen LogP contribution in [-0.2, 0) is 10.4 Å². The number of hydrogen-bond donors (Lipinski definition) is 2. The number of aromatic nitrogens is 3. The highest BCUT2D eigenvalue weighted by Gasteiger charge is 2.43. The molecule has 1 amide bonds. The molecule has 0 spiro atoms. The molecule has 6 nitrogen and oxygen atoms in total. The molecule has 1 atom stereocenters. The summed E-state index contributed by atoms with van der Waals surface area (Å²) in [5.41, 5.74) is 3.25. The number of rotatable bonds is 3. The third kappa shape index (κ3) is 2.28. The number of para-hydroxylation sites is 1. The fourth-order valence-electron chi connectivity index (χ4n) is 3.85. The van der Waals surface area contributed by atoms with Crippen LogP contribution in [0.5, 0.6) is 0 Å². The van der Waals surface area contributed by atoms with Crippen molar-refractivity contribution in [2.75, 3.05) is 6.54 Å². The Morgan fingerprint density at radius 1 is 1.19 bits per heavy atom. The average molecular weight is 376 g/mol. The maximum absolute atomic E-state index is 11.8. The monoisotopic (exact) mass is 376 g/mol. The molecule has 7 heteroatoms. The number of benzene rings is 1. The van der Waals surface area contributed by atoms with Gasteiger partial charge in [0, 0.05) is 36.9 Å². The highest BCUT2D eigenvalue weighted by Crippen LogP contribution is 2.49. The molecule has 0 radical (unpaired) electrons. The molecule has 0 saturated carbocycles. The van der Waals surface area contributed by atoms with Gasteiger partial charge in [0.05, 0.1) is 27.3 Å². The van der Waals surface area contributed by atoms with Crippen LogP contribution in [0.3, 0.4) is 0 Å². The largest absolute Gasteiger partial charge is 0.378 e. The molecule has 27 heavy (non-hydrogen) atoms. The standard InChI is InChI=1S/C20H16N4O2S/c1-11(25)21-9-7-20(26)18-15-13(12-4-2-3-5-14(12)24-18)6-8-22-16(15)17-19(20)27-10-23-17/h2-6,8,10,26H,7,9H2,1H3,(H,21,25). The third-order valence-corrected chi connectivity index (χ3v) is 6.01. The Labute approximate surface area is 158 Å². The number of aliphatic hydroxyl groups is 1. The van der Waals surface area contributed by atoms with E-state index in [0.717, 1.165) is 32.2 Å². The second kappa shape index (κ2) is 5.80. The lowest BCUT2D eigenvalue weighted by Gasteiger charge is -2.32. The summed E-state index contributed by atoms with van der Waals surface area (Å²) in [5, 5.41) is 17.4. The highest BCUT2D eigenvalue weighted by atomic mass is 32.1. The Bertz CT molecular complexity index is 1220. The minimum Gasteiger partial charge on any atom is -0.378 e. The van der Waals surface area contributed by atoms with Gasteiger partial charge in [-0.3, -0.25) is 9.78 Å². The van der Waals surface area contributed by atoms with E-state index in [0.29, 0.717) is 24.4 Å². The second-order valence-electron chi connectivity index (χ2n) is 6.68. The van der Waals surface area contributed by atoms with Gasteiger partial charge >= 0.3 is 0 Å². The van der Waals surface area contributed by atoms with Crippen LogP contribution in [0.4, 0.5) is 0 Å². The molecule has 0 fully saturated rings. The number of nitrogens with zero attached hydrogens (tertiary/aromatic N) is 3. The Hall–Kier alpha value is -2.90. The Morgan fingerprint density at radius 2 is 2.04 bits per heavy atom. The van der Waals surface area contributed by atoms with Crippen LogP contribution in [0.25, 0.3) is 33.1 Å². The lowest BCUT2D eigenvalue weighted by atomic mass is 9.82. The fourth-order valence-corrected chi connectivity index (χ4v) is 4.77. The Kier molecular flexibility index (Phi) is 3.50. The molecule has 5 rings (SSSR count). The van der Waals surface area contributed by atoms with Crippen LogP contribution in [0.2, 0.25) is 0 Å². The first kappa shape index (κ1) is 16.3. The molecule has 0 saturated heterocycles. The first-order valence-electron chi connectivity index (χ1n) is 8.68. The van der Waals surface area contributed by atoms with Crippen molar-refractivity contribution >= 4 is 38.9 Å². The fraction of sp³-hybridized carbons (Fsp3) is 0.200. The van der Waals surface area contributed by atoms with Gasteiger partial charge in [-0.05, 0) is 17.5 Å². The van der Waals surface area contributed by atoms with E-state index in [1.165, 1.54) is 18.3 Å². The Morgan fingerprint density at radius 3 is 2.89 bits per heavy atom. The molecule has 3 heterocycles. The van der Waals surface area contributed by atoms with Gasteiger partial charge in [0.2, 0.25) is 5.91 Å². The maximum Gasteiger partial charge on any atom is 0.216 e. The summed E-state index contributed by atoms with van der Waals surface area (Å²) in [5.74, 6) is -0.127. The molecule has 1 aromatic carbocycles. The van der Waals surface area contributed by atoms with Crippen LogP contribution < -0.4 is 5.32 Å². The van der Waals surface area contributed by atoms with Crippen molar-refractivity contribution in [1.82, 2.24) is 20.3 Å². The zero-order valence-electron chi connectivity index (χ0n) is 14.6. The SMILES string of the molecule is CC(=O)NCCC1(O)c2scnc2-c2nccc3c2c1nc1ccccc13. The molecule has 2 N–H and O–H groups in total. The van der Waals surface area contributed by atoms with Gasteiger partial charge in [0.15, 0.2) is 0 Å². The number of nitrogens with one attached hydrogen (secondary N) is 1. The number of hydrogen-bond acceptors (Lipinski definition) is 6. The lowest BCUT2D eigenvalue weighted by Crippen LogP contribution is -2.35. The van der Waals surface area contributed by atoms with Gasteiger partial charge < -0.3 is 10.4 Å². The van der Waals surface area contributed by atoms with Crippen LogP contribution in [0.15, 0.2) is 42.0 Å². The van der Waals surface area contributed by atoms with Gasteiger partial charge in [-0.25, -0.2) is 9.97 Å². The number of thiazole rings is 1. The zero-order chi connectivity index (χ0) is 18.6. The topological polar surface area (TPSA) is 88.0 Å². The van der Waals surface area contributed by atoms with Crippen molar-refractivity contribution in [3.63, 3.8) is 0 Å². The van der Waals surface area contributed by atoms with E-state index in [1.807, 2.05) is 30.3 Å². The van der Waals surface area contributed by atoms with Crippen molar-refractivity contribution in [2.24, 2.45) is 0 Å². The number of carbonyl (C=O) groups is 1. The van der Waals surface area contributed by atoms with Crippen molar-refractivity contribution in [2.45, 2.75) is 18.9 Å². The highest BCUT2D eigenvalue weighted by molar-refractivity contribution is 7.10. The van der Waals surface area contributed by atoms with Crippen molar-refractivity contribution < 1.29 is 9.90 Å². The molecule has 1 aliphatic carbocycles. The summed E-state index contributed by atoms with van der Waals surface area (Å²) in [6.07, 6.45) is 2.09. The number of fused-ring (bicyclic) bond motifs is 4. The predicted octanol–water partition coefficient (Wildman–Crippen LogP) is 2.98. The summed E-state index contributed by atoms with van der Waals surface area (Å²) < 4.78 is 0. The van der Waals surface area contributed by atoms with Crippen molar-refractivity contribution in [1.29, 1.82) is 0 Å². The lowest BCUT2D eigenvalue weighted by molar-refractivity contribution is -0.119. The average Bonchev–Trinajstić information content (AvgIpc) is 3.16. The molecule has 134 valence electrons. The summed E-state index contributed by atoms with van der Waals surface area (Å²) >= 11 is 1.39. The molecule has 0 aliphatic heterocycles. The van der Waals surface area contributed by atoms with E-state index in [9.17, 15) is 9.90 Å². The minimum absolute atomic E-state index is 0.127. The van der Waals surface area contributed by atoms with Crippen LogP contribution in [0, 0.1) is 0 Å². The normalized spacial score (nSPS) is 17.9. The van der Waals surface area contributed by atoms with Gasteiger partial charge in [-0.2, -0.15) is 0 Å².